The van der Waals surface area contributed by atoms with Crippen LogP contribution in [0.2, 0.25) is 0 Å². The van der Waals surface area contributed by atoms with Gasteiger partial charge < -0.3 is 0 Å². The van der Waals surface area contributed by atoms with Crippen molar-refractivity contribution in [2.24, 2.45) is 0 Å². The maximum absolute atomic E-state index is 5.57. The van der Waals surface area contributed by atoms with Crippen molar-refractivity contribution >= 4 is 21.7 Å². The van der Waals surface area contributed by atoms with Crippen LogP contribution in [-0.4, -0.2) is 15.0 Å². The summed E-state index contributed by atoms with van der Waals surface area (Å²) < 4.78 is 0. The summed E-state index contributed by atoms with van der Waals surface area (Å²) >= 11 is 0. The van der Waals surface area contributed by atoms with E-state index in [0.717, 1.165) is 66.8 Å². The van der Waals surface area contributed by atoms with Crippen LogP contribution in [0.4, 0.5) is 0 Å². The molecule has 0 radical (unpaired) electrons. The van der Waals surface area contributed by atoms with Gasteiger partial charge in [-0.25, -0.2) is 15.0 Å². The molecule has 0 saturated heterocycles. The van der Waals surface area contributed by atoms with Crippen LogP contribution < -0.4 is 0 Å². The summed E-state index contributed by atoms with van der Waals surface area (Å²) in [6, 6.07) is 84.4. The Bertz CT molecular complexity index is 3360. The third-order valence-corrected chi connectivity index (χ3v) is 12.8. The molecule has 0 fully saturated rings. The summed E-state index contributed by atoms with van der Waals surface area (Å²) in [7, 11) is 0. The maximum atomic E-state index is 5.57. The lowest BCUT2D eigenvalue weighted by Crippen LogP contribution is -2.28. The fourth-order valence-corrected chi connectivity index (χ4v) is 10.0. The Morgan fingerprint density at radius 2 is 0.762 bits per heavy atom. The highest BCUT2D eigenvalue weighted by molar-refractivity contribution is 6.18. The molecule has 11 aromatic rings. The van der Waals surface area contributed by atoms with E-state index in [1.807, 2.05) is 18.2 Å². The minimum Gasteiger partial charge on any atom is -0.247 e. The summed E-state index contributed by atoms with van der Waals surface area (Å²) in [5.74, 6) is 0.691. The van der Waals surface area contributed by atoms with Crippen molar-refractivity contribution in [3.05, 3.63) is 259 Å². The first-order chi connectivity index (χ1) is 31.3. The van der Waals surface area contributed by atoms with Gasteiger partial charge in [-0.15, -0.1) is 0 Å². The van der Waals surface area contributed by atoms with Crippen LogP contribution in [-0.2, 0) is 5.41 Å². The summed E-state index contributed by atoms with van der Waals surface area (Å²) in [5, 5.41) is 3.49. The molecule has 1 aliphatic rings. The van der Waals surface area contributed by atoms with E-state index in [0.29, 0.717) is 5.82 Å². The lowest BCUT2D eigenvalue weighted by atomic mass is 9.67. The van der Waals surface area contributed by atoms with E-state index >= 15 is 0 Å². The van der Waals surface area contributed by atoms with Crippen LogP contribution in [0.25, 0.3) is 89.1 Å². The first-order valence-electron chi connectivity index (χ1n) is 21.5. The minimum atomic E-state index is -0.525. The highest BCUT2D eigenvalue weighted by atomic mass is 14.9. The predicted octanol–water partition coefficient (Wildman–Crippen LogP) is 14.9. The average Bonchev–Trinajstić information content (AvgIpc) is 3.68. The molecule has 0 saturated carbocycles. The Morgan fingerprint density at radius 1 is 0.286 bits per heavy atom. The highest BCUT2D eigenvalue weighted by Crippen LogP contribution is 2.59. The number of aromatic nitrogens is 3. The lowest BCUT2D eigenvalue weighted by Gasteiger charge is -2.34. The molecule has 0 aliphatic heterocycles. The van der Waals surface area contributed by atoms with Crippen molar-refractivity contribution in [2.75, 3.05) is 0 Å². The zero-order chi connectivity index (χ0) is 41.7. The molecule has 12 rings (SSSR count). The fraction of sp³-hybridized carbons (Fsp3) is 0.0167. The molecule has 9 aromatic carbocycles. The van der Waals surface area contributed by atoms with Crippen molar-refractivity contribution in [2.45, 2.75) is 5.41 Å². The molecule has 2 heterocycles. The van der Waals surface area contributed by atoms with E-state index in [2.05, 4.69) is 218 Å². The molecule has 0 unspecified atom stereocenters. The smallest absolute Gasteiger partial charge is 0.160 e. The number of hydrogen-bond donors (Lipinski definition) is 0. The normalized spacial score (nSPS) is 12.6. The van der Waals surface area contributed by atoms with Crippen LogP contribution in [0.3, 0.4) is 0 Å². The molecule has 0 amide bonds. The van der Waals surface area contributed by atoms with Crippen molar-refractivity contribution in [1.82, 2.24) is 15.0 Å². The standard InChI is InChI=1S/C60H39N3/c1-6-20-41(21-7-1)56-53(57(42-22-8-2-9-23-42)63-59(62-56)44-24-10-3-11-25-44)40-34-36-43(37-35-40)58-55-48(47-30-17-19-33-52(47)61-58)38-39-51-54(55)49-31-16-18-32-50(49)60(51,45-26-12-4-13-27-45)46-28-14-5-15-29-46/h1-39H. The molecular formula is C60H39N3. The van der Waals surface area contributed by atoms with Gasteiger partial charge in [0.2, 0.25) is 0 Å². The Labute approximate surface area is 366 Å². The van der Waals surface area contributed by atoms with Crippen molar-refractivity contribution in [3.8, 4) is 67.4 Å². The maximum Gasteiger partial charge on any atom is 0.160 e. The number of fused-ring (bicyclic) bond motifs is 7. The van der Waals surface area contributed by atoms with Crippen LogP contribution in [0.5, 0.6) is 0 Å². The summed E-state index contributed by atoms with van der Waals surface area (Å²) in [5.41, 5.74) is 16.8. The van der Waals surface area contributed by atoms with E-state index in [4.69, 9.17) is 15.0 Å². The van der Waals surface area contributed by atoms with Gasteiger partial charge in [0.25, 0.3) is 0 Å². The van der Waals surface area contributed by atoms with Crippen LogP contribution in [0.15, 0.2) is 237 Å². The van der Waals surface area contributed by atoms with Gasteiger partial charge in [0, 0.05) is 38.6 Å². The second-order valence-corrected chi connectivity index (χ2v) is 16.2. The second-order valence-electron chi connectivity index (χ2n) is 16.2. The predicted molar refractivity (Wildman–Crippen MR) is 259 cm³/mol. The van der Waals surface area contributed by atoms with Crippen molar-refractivity contribution in [3.63, 3.8) is 0 Å². The Kier molecular flexibility index (Phi) is 8.72. The van der Waals surface area contributed by atoms with Crippen molar-refractivity contribution < 1.29 is 0 Å². The quantitative estimate of drug-likeness (QED) is 0.151. The first kappa shape index (κ1) is 36.6. The molecule has 3 nitrogen and oxygen atoms in total. The molecule has 2 aromatic heterocycles. The third-order valence-electron chi connectivity index (χ3n) is 12.8. The number of hydrogen-bond acceptors (Lipinski definition) is 3. The van der Waals surface area contributed by atoms with Crippen molar-refractivity contribution in [1.29, 1.82) is 0 Å². The highest BCUT2D eigenvalue weighted by Gasteiger charge is 2.47. The Hall–Kier alpha value is -8.27. The summed E-state index contributed by atoms with van der Waals surface area (Å²) in [4.78, 5) is 16.2. The lowest BCUT2D eigenvalue weighted by molar-refractivity contribution is 0.769. The Balaban J connectivity index is 1.12. The second kappa shape index (κ2) is 15.0. The van der Waals surface area contributed by atoms with E-state index in [1.165, 1.54) is 38.8 Å². The molecule has 1 aliphatic carbocycles. The fourth-order valence-electron chi connectivity index (χ4n) is 10.0. The average molecular weight is 802 g/mol. The zero-order valence-electron chi connectivity index (χ0n) is 34.4. The number of rotatable bonds is 7. The van der Waals surface area contributed by atoms with Gasteiger partial charge in [0.05, 0.1) is 28.0 Å². The van der Waals surface area contributed by atoms with E-state index in [1.54, 1.807) is 0 Å². The van der Waals surface area contributed by atoms with Crippen LogP contribution in [0, 0.1) is 0 Å². The largest absolute Gasteiger partial charge is 0.247 e. The Morgan fingerprint density at radius 3 is 1.37 bits per heavy atom. The molecule has 0 spiro atoms. The van der Waals surface area contributed by atoms with E-state index in [9.17, 15) is 0 Å². The van der Waals surface area contributed by atoms with Gasteiger partial charge >= 0.3 is 0 Å². The van der Waals surface area contributed by atoms with Gasteiger partial charge in [-0.3, -0.25) is 0 Å². The first-order valence-corrected chi connectivity index (χ1v) is 21.5. The van der Waals surface area contributed by atoms with E-state index < -0.39 is 5.41 Å². The van der Waals surface area contributed by atoms with Gasteiger partial charge in [0.1, 0.15) is 0 Å². The number of benzene rings is 9. The van der Waals surface area contributed by atoms with Gasteiger partial charge in [-0.2, -0.15) is 0 Å². The topological polar surface area (TPSA) is 38.7 Å². The minimum absolute atomic E-state index is 0.525. The monoisotopic (exact) mass is 801 g/mol. The summed E-state index contributed by atoms with van der Waals surface area (Å²) in [6.45, 7) is 0. The number of para-hydroxylation sites is 1. The van der Waals surface area contributed by atoms with E-state index in [-0.39, 0.29) is 0 Å². The SMILES string of the molecule is c1ccc(-c2nc(-c3ccccc3)c(-c3ccc(-c4nc5ccccc5c5ccc6c(c45)-c4ccccc4C6(c4ccccc4)c4ccccc4)cc3)c(-c3ccccc3)n2)cc1. The van der Waals surface area contributed by atoms with Gasteiger partial charge in [-0.05, 0) is 50.4 Å². The molecule has 3 heteroatoms. The van der Waals surface area contributed by atoms with Gasteiger partial charge in [-0.1, -0.05) is 231 Å². The molecule has 294 valence electrons. The van der Waals surface area contributed by atoms with Crippen LogP contribution in [0.1, 0.15) is 22.3 Å². The van der Waals surface area contributed by atoms with Crippen LogP contribution >= 0.6 is 0 Å². The number of pyridine rings is 1. The number of nitrogens with zero attached hydrogens (tertiary/aromatic N) is 3. The zero-order valence-corrected chi connectivity index (χ0v) is 34.4. The molecule has 0 bridgehead atoms. The molecule has 0 N–H and O–H groups in total. The van der Waals surface area contributed by atoms with Gasteiger partial charge in [0.15, 0.2) is 5.82 Å². The third kappa shape index (κ3) is 5.85. The molecule has 0 atom stereocenters. The molecule has 63 heavy (non-hydrogen) atoms. The molecular weight excluding hydrogens is 763 g/mol. The summed E-state index contributed by atoms with van der Waals surface area (Å²) in [6.07, 6.45) is 0.